The molecule has 0 unspecified atom stereocenters. The monoisotopic (exact) mass is 266 g/mol. The number of amides is 1. The fourth-order valence-corrected chi connectivity index (χ4v) is 1.49. The van der Waals surface area contributed by atoms with E-state index in [0.717, 1.165) is 4.47 Å². The number of halogens is 1. The van der Waals surface area contributed by atoms with Crippen LogP contribution in [-0.4, -0.2) is 10.9 Å². The maximum atomic E-state index is 11.7. The normalized spacial score (nSPS) is 9.93. The lowest BCUT2D eigenvalue weighted by Crippen LogP contribution is -2.11. The summed E-state index contributed by atoms with van der Waals surface area (Å²) in [5, 5.41) is 2.60. The summed E-state index contributed by atoms with van der Waals surface area (Å²) in [4.78, 5) is 15.4. The molecule has 15 heavy (non-hydrogen) atoms. The van der Waals surface area contributed by atoms with Crippen LogP contribution in [0.3, 0.4) is 0 Å². The van der Waals surface area contributed by atoms with Crippen molar-refractivity contribution < 1.29 is 9.21 Å². The molecule has 4 nitrogen and oxygen atoms in total. The number of aromatic nitrogens is 1. The summed E-state index contributed by atoms with van der Waals surface area (Å²) >= 11 is 3.29. The topological polar surface area (TPSA) is 55.1 Å². The molecule has 0 aliphatic carbocycles. The zero-order valence-corrected chi connectivity index (χ0v) is 9.19. The first kappa shape index (κ1) is 9.92. The third-order valence-electron chi connectivity index (χ3n) is 1.76. The minimum Gasteiger partial charge on any atom is -0.449 e. The van der Waals surface area contributed by atoms with Gasteiger partial charge in [-0.2, -0.15) is 4.98 Å². The standard InChI is InChI=1S/C10H7BrN2O2/c11-8-3-1-2-7(4-8)10(14)13-9-5-15-6-12-9/h1-6H,(H,13,14). The molecule has 0 aliphatic heterocycles. The number of anilines is 1. The highest BCUT2D eigenvalue weighted by Gasteiger charge is 2.07. The Balaban J connectivity index is 2.15. The number of nitrogens with one attached hydrogen (secondary N) is 1. The Morgan fingerprint density at radius 3 is 3.00 bits per heavy atom. The molecule has 2 rings (SSSR count). The second-order valence-corrected chi connectivity index (χ2v) is 3.75. The van der Waals surface area contributed by atoms with Crippen LogP contribution < -0.4 is 5.32 Å². The maximum absolute atomic E-state index is 11.7. The predicted molar refractivity (Wildman–Crippen MR) is 58.6 cm³/mol. The van der Waals surface area contributed by atoms with E-state index < -0.39 is 0 Å². The maximum Gasteiger partial charge on any atom is 0.256 e. The molecule has 0 saturated carbocycles. The van der Waals surface area contributed by atoms with Crippen molar-refractivity contribution in [1.82, 2.24) is 4.98 Å². The van der Waals surface area contributed by atoms with Gasteiger partial charge < -0.3 is 9.73 Å². The van der Waals surface area contributed by atoms with Crippen molar-refractivity contribution in [3.63, 3.8) is 0 Å². The highest BCUT2D eigenvalue weighted by molar-refractivity contribution is 9.10. The molecule has 1 heterocycles. The van der Waals surface area contributed by atoms with E-state index in [9.17, 15) is 4.79 Å². The minimum absolute atomic E-state index is 0.217. The van der Waals surface area contributed by atoms with E-state index >= 15 is 0 Å². The molecule has 0 radical (unpaired) electrons. The summed E-state index contributed by atoms with van der Waals surface area (Å²) in [6.45, 7) is 0. The molecule has 0 aliphatic rings. The molecule has 0 saturated heterocycles. The van der Waals surface area contributed by atoms with Gasteiger partial charge in [0.2, 0.25) is 0 Å². The van der Waals surface area contributed by atoms with Crippen molar-refractivity contribution in [1.29, 1.82) is 0 Å². The number of carbonyl (C=O) groups is 1. The molecular formula is C10H7BrN2O2. The van der Waals surface area contributed by atoms with E-state index in [0.29, 0.717) is 11.4 Å². The number of oxazole rings is 1. The SMILES string of the molecule is O=C(Nc1cocn1)c1cccc(Br)c1. The van der Waals surface area contributed by atoms with Crippen LogP contribution >= 0.6 is 15.9 Å². The summed E-state index contributed by atoms with van der Waals surface area (Å²) in [6, 6.07) is 7.10. The van der Waals surface area contributed by atoms with Crippen LogP contribution in [0.15, 0.2) is 45.8 Å². The molecule has 5 heteroatoms. The van der Waals surface area contributed by atoms with Gasteiger partial charge in [0, 0.05) is 10.0 Å². The van der Waals surface area contributed by atoms with Gasteiger partial charge in [-0.3, -0.25) is 4.79 Å². The van der Waals surface area contributed by atoms with Gasteiger partial charge in [0.05, 0.1) is 0 Å². The van der Waals surface area contributed by atoms with Gasteiger partial charge in [0.1, 0.15) is 6.26 Å². The van der Waals surface area contributed by atoms with E-state index in [1.165, 1.54) is 12.7 Å². The van der Waals surface area contributed by atoms with Crippen molar-refractivity contribution in [3.8, 4) is 0 Å². The molecule has 1 amide bonds. The van der Waals surface area contributed by atoms with Crippen LogP contribution in [0.1, 0.15) is 10.4 Å². The van der Waals surface area contributed by atoms with E-state index in [2.05, 4.69) is 26.2 Å². The third-order valence-corrected chi connectivity index (χ3v) is 2.25. The van der Waals surface area contributed by atoms with Crippen LogP contribution in [0.5, 0.6) is 0 Å². The van der Waals surface area contributed by atoms with Crippen LogP contribution in [0, 0.1) is 0 Å². The highest BCUT2D eigenvalue weighted by atomic mass is 79.9. The van der Waals surface area contributed by atoms with Gasteiger partial charge in [-0.15, -0.1) is 0 Å². The number of carbonyl (C=O) groups excluding carboxylic acids is 1. The number of hydrogen-bond donors (Lipinski definition) is 1. The quantitative estimate of drug-likeness (QED) is 0.910. The first-order valence-electron chi connectivity index (χ1n) is 4.21. The Kier molecular flexibility index (Phi) is 2.82. The lowest BCUT2D eigenvalue weighted by molar-refractivity contribution is 0.102. The molecule has 1 aromatic carbocycles. The van der Waals surface area contributed by atoms with Gasteiger partial charge in [-0.25, -0.2) is 0 Å². The number of nitrogens with zero attached hydrogens (tertiary/aromatic N) is 1. The van der Waals surface area contributed by atoms with E-state index in [-0.39, 0.29) is 5.91 Å². The zero-order valence-electron chi connectivity index (χ0n) is 7.61. The number of hydrogen-bond acceptors (Lipinski definition) is 3. The predicted octanol–water partition coefficient (Wildman–Crippen LogP) is 2.69. The van der Waals surface area contributed by atoms with Crippen LogP contribution in [0.4, 0.5) is 5.82 Å². The summed E-state index contributed by atoms with van der Waals surface area (Å²) in [5.41, 5.74) is 0.562. The second kappa shape index (κ2) is 4.27. The van der Waals surface area contributed by atoms with E-state index in [1.807, 2.05) is 6.07 Å². The van der Waals surface area contributed by atoms with Crippen molar-refractivity contribution in [2.24, 2.45) is 0 Å². The molecule has 0 bridgehead atoms. The summed E-state index contributed by atoms with van der Waals surface area (Å²) in [5.74, 6) is 0.185. The Hall–Kier alpha value is -1.62. The minimum atomic E-state index is -0.217. The first-order valence-corrected chi connectivity index (χ1v) is 5.00. The molecule has 0 spiro atoms. The fraction of sp³-hybridized carbons (Fsp3) is 0. The van der Waals surface area contributed by atoms with Crippen LogP contribution in [0.2, 0.25) is 0 Å². The third kappa shape index (κ3) is 2.44. The average Bonchev–Trinajstić information content (AvgIpc) is 2.70. The number of benzene rings is 1. The van der Waals surface area contributed by atoms with Gasteiger partial charge in [0.25, 0.3) is 5.91 Å². The second-order valence-electron chi connectivity index (χ2n) is 2.84. The van der Waals surface area contributed by atoms with Gasteiger partial charge in [-0.05, 0) is 18.2 Å². The molecule has 0 atom stereocenters. The average molecular weight is 267 g/mol. The molecule has 1 N–H and O–H groups in total. The molecular weight excluding hydrogens is 260 g/mol. The fourth-order valence-electron chi connectivity index (χ4n) is 1.09. The van der Waals surface area contributed by atoms with Crippen molar-refractivity contribution in [2.45, 2.75) is 0 Å². The van der Waals surface area contributed by atoms with E-state index in [4.69, 9.17) is 4.42 Å². The zero-order chi connectivity index (χ0) is 10.7. The summed E-state index contributed by atoms with van der Waals surface area (Å²) in [7, 11) is 0. The molecule has 76 valence electrons. The Morgan fingerprint density at radius 1 is 1.47 bits per heavy atom. The largest absolute Gasteiger partial charge is 0.449 e. The smallest absolute Gasteiger partial charge is 0.256 e. The Bertz CT molecular complexity index is 468. The Morgan fingerprint density at radius 2 is 2.33 bits per heavy atom. The van der Waals surface area contributed by atoms with Crippen LogP contribution in [0.25, 0.3) is 0 Å². The van der Waals surface area contributed by atoms with Crippen molar-refractivity contribution in [3.05, 3.63) is 47.0 Å². The summed E-state index contributed by atoms with van der Waals surface area (Å²) in [6.07, 6.45) is 2.63. The van der Waals surface area contributed by atoms with Crippen molar-refractivity contribution >= 4 is 27.7 Å². The molecule has 0 fully saturated rings. The Labute approximate surface area is 94.4 Å². The van der Waals surface area contributed by atoms with E-state index in [1.54, 1.807) is 18.2 Å². The summed E-state index contributed by atoms with van der Waals surface area (Å²) < 4.78 is 5.60. The lowest BCUT2D eigenvalue weighted by atomic mass is 10.2. The lowest BCUT2D eigenvalue weighted by Gasteiger charge is -2.01. The van der Waals surface area contributed by atoms with Crippen LogP contribution in [-0.2, 0) is 0 Å². The van der Waals surface area contributed by atoms with Gasteiger partial charge in [-0.1, -0.05) is 22.0 Å². The molecule has 1 aromatic heterocycles. The number of rotatable bonds is 2. The first-order chi connectivity index (χ1) is 7.25. The highest BCUT2D eigenvalue weighted by Crippen LogP contribution is 2.13. The molecule has 2 aromatic rings. The van der Waals surface area contributed by atoms with Gasteiger partial charge in [0.15, 0.2) is 12.2 Å². The van der Waals surface area contributed by atoms with Gasteiger partial charge >= 0.3 is 0 Å². The van der Waals surface area contributed by atoms with Crippen molar-refractivity contribution in [2.75, 3.05) is 5.32 Å².